The first-order valence-corrected chi connectivity index (χ1v) is 7.00. The van der Waals surface area contributed by atoms with Gasteiger partial charge >= 0.3 is 0 Å². The maximum Gasteiger partial charge on any atom is 0.240 e. The number of fused-ring (bicyclic) bond motifs is 1. The Morgan fingerprint density at radius 2 is 2.20 bits per heavy atom. The molecule has 3 N–H and O–H groups in total. The Labute approximate surface area is 118 Å². The maximum absolute atomic E-state index is 12.3. The van der Waals surface area contributed by atoms with E-state index in [1.165, 1.54) is 0 Å². The van der Waals surface area contributed by atoms with Gasteiger partial charge in [0.2, 0.25) is 5.91 Å². The highest BCUT2D eigenvalue weighted by atomic mass is 16.2. The third kappa shape index (κ3) is 2.47. The summed E-state index contributed by atoms with van der Waals surface area (Å²) >= 11 is 0. The fourth-order valence-electron chi connectivity index (χ4n) is 2.70. The second-order valence-corrected chi connectivity index (χ2v) is 5.21. The molecule has 0 spiro atoms. The summed E-state index contributed by atoms with van der Waals surface area (Å²) < 4.78 is 0. The number of para-hydroxylation sites is 1. The van der Waals surface area contributed by atoms with E-state index in [-0.39, 0.29) is 5.91 Å². The summed E-state index contributed by atoms with van der Waals surface area (Å²) in [5, 5.41) is 1.15. The quantitative estimate of drug-likeness (QED) is 0.835. The molecule has 0 saturated heterocycles. The van der Waals surface area contributed by atoms with E-state index in [0.29, 0.717) is 13.0 Å². The number of benzene rings is 1. The fourth-order valence-corrected chi connectivity index (χ4v) is 2.70. The lowest BCUT2D eigenvalue weighted by Gasteiger charge is -2.26. The average molecular weight is 269 g/mol. The molecule has 104 valence electrons. The van der Waals surface area contributed by atoms with Crippen LogP contribution < -0.4 is 5.73 Å². The first-order valence-electron chi connectivity index (χ1n) is 7.00. The molecule has 4 heteroatoms. The monoisotopic (exact) mass is 269 g/mol. The van der Waals surface area contributed by atoms with Crippen LogP contribution in [0.2, 0.25) is 0 Å². The Morgan fingerprint density at radius 1 is 1.35 bits per heavy atom. The van der Waals surface area contributed by atoms with Gasteiger partial charge in [0, 0.05) is 30.2 Å². The number of nitrogens with zero attached hydrogens (tertiary/aromatic N) is 1. The van der Waals surface area contributed by atoms with Crippen LogP contribution in [0.1, 0.15) is 12.0 Å². The minimum absolute atomic E-state index is 0.0413. The molecule has 0 radical (unpaired) electrons. The van der Waals surface area contributed by atoms with Crippen LogP contribution in [0.4, 0.5) is 0 Å². The standard InChI is InChI=1S/C16H19N3O/c17-14(16(20)19-8-4-1-5-9-19)10-12-11-18-15-7-3-2-6-13(12)15/h1-4,6-7,11,14,18H,5,8-10,17H2/t14-/m0/s1. The molecule has 3 rings (SSSR count). The molecule has 0 aliphatic carbocycles. The number of aromatic nitrogens is 1. The minimum Gasteiger partial charge on any atom is -0.361 e. The summed E-state index contributed by atoms with van der Waals surface area (Å²) in [6, 6.07) is 7.61. The van der Waals surface area contributed by atoms with E-state index in [9.17, 15) is 4.79 Å². The Balaban J connectivity index is 1.73. The van der Waals surface area contributed by atoms with Crippen LogP contribution in [0, 0.1) is 0 Å². The van der Waals surface area contributed by atoms with E-state index >= 15 is 0 Å². The number of carbonyl (C=O) groups is 1. The Morgan fingerprint density at radius 3 is 3.00 bits per heavy atom. The number of nitrogens with two attached hydrogens (primary N) is 1. The van der Waals surface area contributed by atoms with E-state index in [4.69, 9.17) is 5.73 Å². The SMILES string of the molecule is N[C@@H](Cc1c[nH]c2ccccc12)C(=O)N1CC=CCC1. The molecule has 20 heavy (non-hydrogen) atoms. The predicted octanol–water partition coefficient (Wildman–Crippen LogP) is 1.83. The third-order valence-corrected chi connectivity index (χ3v) is 3.80. The zero-order valence-corrected chi connectivity index (χ0v) is 11.4. The second-order valence-electron chi connectivity index (χ2n) is 5.21. The smallest absolute Gasteiger partial charge is 0.240 e. The van der Waals surface area contributed by atoms with Crippen molar-refractivity contribution >= 4 is 16.8 Å². The molecule has 1 atom stereocenters. The number of rotatable bonds is 3. The molecule has 1 amide bonds. The lowest BCUT2D eigenvalue weighted by molar-refractivity contribution is -0.132. The molecule has 1 aliphatic rings. The van der Waals surface area contributed by atoms with Crippen molar-refractivity contribution in [3.8, 4) is 0 Å². The van der Waals surface area contributed by atoms with E-state index in [1.807, 2.05) is 35.4 Å². The lowest BCUT2D eigenvalue weighted by Crippen LogP contribution is -2.46. The fraction of sp³-hybridized carbons (Fsp3) is 0.312. The Bertz CT molecular complexity index is 644. The summed E-state index contributed by atoms with van der Waals surface area (Å²) in [7, 11) is 0. The number of nitrogens with one attached hydrogen (secondary N) is 1. The molecule has 4 nitrogen and oxygen atoms in total. The van der Waals surface area contributed by atoms with Crippen molar-refractivity contribution in [3.63, 3.8) is 0 Å². The molecule has 0 saturated carbocycles. The normalized spacial score (nSPS) is 16.6. The van der Waals surface area contributed by atoms with E-state index in [1.54, 1.807) is 0 Å². The molecule has 0 unspecified atom stereocenters. The average Bonchev–Trinajstić information content (AvgIpc) is 2.91. The van der Waals surface area contributed by atoms with Crippen molar-refractivity contribution in [2.45, 2.75) is 18.9 Å². The predicted molar refractivity (Wildman–Crippen MR) is 80.3 cm³/mol. The second kappa shape index (κ2) is 5.51. The van der Waals surface area contributed by atoms with Gasteiger partial charge < -0.3 is 15.6 Å². The highest BCUT2D eigenvalue weighted by molar-refractivity contribution is 5.86. The highest BCUT2D eigenvalue weighted by Crippen LogP contribution is 2.19. The summed E-state index contributed by atoms with van der Waals surface area (Å²) in [4.78, 5) is 17.4. The molecular formula is C16H19N3O. The van der Waals surface area contributed by atoms with E-state index in [0.717, 1.165) is 29.4 Å². The zero-order valence-electron chi connectivity index (χ0n) is 11.4. The third-order valence-electron chi connectivity index (χ3n) is 3.80. The van der Waals surface area contributed by atoms with Crippen molar-refractivity contribution in [2.24, 2.45) is 5.73 Å². The van der Waals surface area contributed by atoms with Crippen LogP contribution in [-0.2, 0) is 11.2 Å². The Kier molecular flexibility index (Phi) is 3.56. The largest absolute Gasteiger partial charge is 0.361 e. The van der Waals surface area contributed by atoms with Gasteiger partial charge in [0.25, 0.3) is 0 Å². The van der Waals surface area contributed by atoms with Crippen molar-refractivity contribution in [1.82, 2.24) is 9.88 Å². The van der Waals surface area contributed by atoms with Crippen molar-refractivity contribution in [3.05, 3.63) is 48.2 Å². The molecular weight excluding hydrogens is 250 g/mol. The summed E-state index contributed by atoms with van der Waals surface area (Å²) in [5.74, 6) is 0.0413. The minimum atomic E-state index is -0.472. The van der Waals surface area contributed by atoms with Crippen LogP contribution >= 0.6 is 0 Å². The highest BCUT2D eigenvalue weighted by Gasteiger charge is 2.22. The molecule has 2 aromatic rings. The number of hydrogen-bond acceptors (Lipinski definition) is 2. The van der Waals surface area contributed by atoms with Crippen molar-refractivity contribution in [2.75, 3.05) is 13.1 Å². The molecule has 2 heterocycles. The van der Waals surface area contributed by atoms with Crippen molar-refractivity contribution < 1.29 is 4.79 Å². The van der Waals surface area contributed by atoms with Crippen LogP contribution in [0.25, 0.3) is 10.9 Å². The van der Waals surface area contributed by atoms with Gasteiger partial charge in [-0.3, -0.25) is 4.79 Å². The van der Waals surface area contributed by atoms with Gasteiger partial charge in [0.15, 0.2) is 0 Å². The van der Waals surface area contributed by atoms with Gasteiger partial charge in [-0.1, -0.05) is 30.4 Å². The molecule has 1 aliphatic heterocycles. The number of carbonyl (C=O) groups excluding carboxylic acids is 1. The van der Waals surface area contributed by atoms with Gasteiger partial charge in [-0.15, -0.1) is 0 Å². The van der Waals surface area contributed by atoms with Gasteiger partial charge in [0.05, 0.1) is 6.04 Å². The van der Waals surface area contributed by atoms with Crippen LogP contribution in [0.5, 0.6) is 0 Å². The summed E-state index contributed by atoms with van der Waals surface area (Å²) in [6.07, 6.45) is 7.58. The number of amides is 1. The first kappa shape index (κ1) is 12.9. The molecule has 1 aromatic heterocycles. The summed E-state index contributed by atoms with van der Waals surface area (Å²) in [5.41, 5.74) is 8.29. The summed E-state index contributed by atoms with van der Waals surface area (Å²) in [6.45, 7) is 1.46. The van der Waals surface area contributed by atoms with Crippen molar-refractivity contribution in [1.29, 1.82) is 0 Å². The molecule has 1 aromatic carbocycles. The van der Waals surface area contributed by atoms with Gasteiger partial charge in [-0.2, -0.15) is 0 Å². The van der Waals surface area contributed by atoms with Gasteiger partial charge in [-0.05, 0) is 24.5 Å². The number of hydrogen-bond donors (Lipinski definition) is 2. The van der Waals surface area contributed by atoms with Gasteiger partial charge in [0.1, 0.15) is 0 Å². The van der Waals surface area contributed by atoms with Crippen LogP contribution in [-0.4, -0.2) is 34.9 Å². The first-order chi connectivity index (χ1) is 9.75. The number of H-pyrrole nitrogens is 1. The van der Waals surface area contributed by atoms with Crippen LogP contribution in [0.15, 0.2) is 42.6 Å². The van der Waals surface area contributed by atoms with E-state index in [2.05, 4.69) is 17.1 Å². The number of aromatic amines is 1. The van der Waals surface area contributed by atoms with Crippen LogP contribution in [0.3, 0.4) is 0 Å². The zero-order chi connectivity index (χ0) is 13.9. The van der Waals surface area contributed by atoms with Gasteiger partial charge in [-0.25, -0.2) is 0 Å². The lowest BCUT2D eigenvalue weighted by atomic mass is 10.0. The molecule has 0 bridgehead atoms. The Hall–Kier alpha value is -2.07. The van der Waals surface area contributed by atoms with E-state index < -0.39 is 6.04 Å². The maximum atomic E-state index is 12.3. The topological polar surface area (TPSA) is 62.1 Å². The molecule has 0 fully saturated rings.